The highest BCUT2D eigenvalue weighted by molar-refractivity contribution is 9.13. The van der Waals surface area contributed by atoms with E-state index in [2.05, 4.69) is 37.0 Å². The second-order valence-electron chi connectivity index (χ2n) is 4.36. The number of carbonyl (C=O) groups is 1. The molecule has 0 radical (unpaired) electrons. The van der Waals surface area contributed by atoms with Crippen LogP contribution in [0.4, 0.5) is 0 Å². The van der Waals surface area contributed by atoms with Gasteiger partial charge in [-0.3, -0.25) is 9.59 Å². The summed E-state index contributed by atoms with van der Waals surface area (Å²) in [6, 6.07) is 0. The van der Waals surface area contributed by atoms with Crippen molar-refractivity contribution in [3.8, 4) is 0 Å². The fourth-order valence-corrected chi connectivity index (χ4v) is 1.62. The summed E-state index contributed by atoms with van der Waals surface area (Å²) in [5.41, 5.74) is -0.960. The highest BCUT2D eigenvalue weighted by Gasteiger charge is 2.18. The van der Waals surface area contributed by atoms with Gasteiger partial charge in [0.15, 0.2) is 0 Å². The summed E-state index contributed by atoms with van der Waals surface area (Å²) in [6.07, 6.45) is 1.44. The van der Waals surface area contributed by atoms with Gasteiger partial charge in [0.2, 0.25) is 0 Å². The topological polar surface area (TPSA) is 61.2 Å². The number of halogens is 2. The van der Waals surface area contributed by atoms with Gasteiger partial charge >= 0.3 is 5.97 Å². The van der Waals surface area contributed by atoms with Gasteiger partial charge in [0, 0.05) is 0 Å². The van der Waals surface area contributed by atoms with Crippen molar-refractivity contribution in [2.24, 2.45) is 0 Å². The highest BCUT2D eigenvalue weighted by atomic mass is 79.9. The van der Waals surface area contributed by atoms with Gasteiger partial charge in [0.1, 0.15) is 16.6 Å². The Morgan fingerprint density at radius 1 is 1.47 bits per heavy atom. The van der Waals surface area contributed by atoms with E-state index in [4.69, 9.17) is 4.74 Å². The molecule has 0 spiro atoms. The Kier molecular flexibility index (Phi) is 4.48. The van der Waals surface area contributed by atoms with Crippen LogP contribution in [-0.4, -0.2) is 21.4 Å². The second-order valence-corrected chi connectivity index (χ2v) is 6.00. The van der Waals surface area contributed by atoms with Crippen molar-refractivity contribution in [3.63, 3.8) is 0 Å². The summed E-state index contributed by atoms with van der Waals surface area (Å²) in [5, 5.41) is 3.84. The number of ether oxygens (including phenoxy) is 1. The molecule has 17 heavy (non-hydrogen) atoms. The molecule has 1 aromatic heterocycles. The van der Waals surface area contributed by atoms with Crippen LogP contribution >= 0.6 is 31.9 Å². The summed E-state index contributed by atoms with van der Waals surface area (Å²) in [4.78, 5) is 23.2. The van der Waals surface area contributed by atoms with E-state index < -0.39 is 11.6 Å². The molecule has 0 fully saturated rings. The number of esters is 1. The van der Waals surface area contributed by atoms with Gasteiger partial charge in [-0.05, 0) is 52.6 Å². The van der Waals surface area contributed by atoms with Crippen LogP contribution in [0.2, 0.25) is 0 Å². The van der Waals surface area contributed by atoms with Crippen molar-refractivity contribution in [1.82, 2.24) is 9.78 Å². The lowest BCUT2D eigenvalue weighted by atomic mass is 10.2. The molecular formula is C10H12Br2N2O3. The van der Waals surface area contributed by atoms with E-state index in [1.807, 2.05) is 0 Å². The Labute approximate surface area is 115 Å². The van der Waals surface area contributed by atoms with E-state index >= 15 is 0 Å². The first-order valence-electron chi connectivity index (χ1n) is 4.83. The van der Waals surface area contributed by atoms with E-state index in [0.717, 1.165) is 4.68 Å². The second kappa shape index (κ2) is 5.30. The van der Waals surface area contributed by atoms with Crippen LogP contribution in [0.1, 0.15) is 20.8 Å². The average Bonchev–Trinajstić information content (AvgIpc) is 2.16. The maximum Gasteiger partial charge on any atom is 0.328 e. The SMILES string of the molecule is CC(C)(C)OC(=O)Cn1ncc(Br)c(Br)c1=O. The van der Waals surface area contributed by atoms with E-state index in [9.17, 15) is 9.59 Å². The molecule has 0 aliphatic rings. The van der Waals surface area contributed by atoms with Crippen molar-refractivity contribution >= 4 is 37.8 Å². The van der Waals surface area contributed by atoms with Crippen LogP contribution in [-0.2, 0) is 16.1 Å². The van der Waals surface area contributed by atoms with E-state index in [-0.39, 0.29) is 12.1 Å². The van der Waals surface area contributed by atoms with Gasteiger partial charge in [0.05, 0.1) is 10.7 Å². The van der Waals surface area contributed by atoms with E-state index in [0.29, 0.717) is 8.95 Å². The number of rotatable bonds is 2. The summed E-state index contributed by atoms with van der Waals surface area (Å²) < 4.78 is 7.02. The van der Waals surface area contributed by atoms with Crippen LogP contribution in [0.3, 0.4) is 0 Å². The molecule has 0 amide bonds. The summed E-state index contributed by atoms with van der Waals surface area (Å²) in [6.45, 7) is 5.08. The number of aromatic nitrogens is 2. The Hall–Kier alpha value is -0.690. The van der Waals surface area contributed by atoms with Gasteiger partial charge in [-0.25, -0.2) is 4.68 Å². The van der Waals surface area contributed by atoms with Crippen molar-refractivity contribution in [1.29, 1.82) is 0 Å². The van der Waals surface area contributed by atoms with Crippen LogP contribution in [0.5, 0.6) is 0 Å². The third kappa shape index (κ3) is 4.23. The molecule has 0 saturated heterocycles. The molecule has 0 aliphatic carbocycles. The maximum absolute atomic E-state index is 11.7. The molecule has 0 atom stereocenters. The normalized spacial score (nSPS) is 11.4. The van der Waals surface area contributed by atoms with Crippen molar-refractivity contribution in [3.05, 3.63) is 25.5 Å². The molecular weight excluding hydrogens is 356 g/mol. The average molecular weight is 368 g/mol. The molecule has 0 saturated carbocycles. The Morgan fingerprint density at radius 3 is 2.59 bits per heavy atom. The zero-order valence-corrected chi connectivity index (χ0v) is 12.8. The Morgan fingerprint density at radius 2 is 2.06 bits per heavy atom. The Bertz CT molecular complexity index is 491. The molecule has 94 valence electrons. The quantitative estimate of drug-likeness (QED) is 0.751. The molecule has 5 nitrogen and oxygen atoms in total. The van der Waals surface area contributed by atoms with E-state index in [1.165, 1.54) is 6.20 Å². The van der Waals surface area contributed by atoms with Crippen LogP contribution < -0.4 is 5.56 Å². The molecule has 0 aromatic carbocycles. The predicted octanol–water partition coefficient (Wildman–Crippen LogP) is 2.11. The smallest absolute Gasteiger partial charge is 0.328 e. The minimum absolute atomic E-state index is 0.206. The molecule has 1 aromatic rings. The van der Waals surface area contributed by atoms with Gasteiger partial charge in [-0.15, -0.1) is 0 Å². The zero-order chi connectivity index (χ0) is 13.2. The fraction of sp³-hybridized carbons (Fsp3) is 0.500. The standard InChI is InChI=1S/C10H12Br2N2O3/c1-10(2,3)17-7(15)5-14-9(16)8(12)6(11)4-13-14/h4H,5H2,1-3H3. The monoisotopic (exact) mass is 366 g/mol. The van der Waals surface area contributed by atoms with E-state index in [1.54, 1.807) is 20.8 Å². The predicted molar refractivity (Wildman–Crippen MR) is 69.7 cm³/mol. The van der Waals surface area contributed by atoms with Gasteiger partial charge in [0.25, 0.3) is 5.56 Å². The lowest BCUT2D eigenvalue weighted by molar-refractivity contribution is -0.155. The van der Waals surface area contributed by atoms with Gasteiger partial charge < -0.3 is 4.74 Å². The fourth-order valence-electron chi connectivity index (χ4n) is 1.05. The largest absolute Gasteiger partial charge is 0.459 e. The lowest BCUT2D eigenvalue weighted by Crippen LogP contribution is -2.32. The molecule has 0 aliphatic heterocycles. The molecule has 1 heterocycles. The lowest BCUT2D eigenvalue weighted by Gasteiger charge is -2.19. The Balaban J connectivity index is 2.87. The molecule has 7 heteroatoms. The number of nitrogens with zero attached hydrogens (tertiary/aromatic N) is 2. The number of hydrogen-bond acceptors (Lipinski definition) is 4. The van der Waals surface area contributed by atoms with Crippen molar-refractivity contribution in [2.75, 3.05) is 0 Å². The first kappa shape index (κ1) is 14.4. The van der Waals surface area contributed by atoms with Gasteiger partial charge in [-0.1, -0.05) is 0 Å². The van der Waals surface area contributed by atoms with Gasteiger partial charge in [-0.2, -0.15) is 5.10 Å². The molecule has 1 rings (SSSR count). The van der Waals surface area contributed by atoms with Crippen LogP contribution in [0.15, 0.2) is 19.9 Å². The number of hydrogen-bond donors (Lipinski definition) is 0. The molecule has 0 unspecified atom stereocenters. The first-order chi connectivity index (χ1) is 7.70. The number of carbonyl (C=O) groups excluding carboxylic acids is 1. The minimum Gasteiger partial charge on any atom is -0.459 e. The minimum atomic E-state index is -0.576. The molecule has 0 N–H and O–H groups in total. The molecule has 0 bridgehead atoms. The third-order valence-electron chi connectivity index (χ3n) is 1.64. The zero-order valence-electron chi connectivity index (χ0n) is 9.66. The highest BCUT2D eigenvalue weighted by Crippen LogP contribution is 2.16. The van der Waals surface area contributed by atoms with Crippen LogP contribution in [0.25, 0.3) is 0 Å². The van der Waals surface area contributed by atoms with Crippen molar-refractivity contribution in [2.45, 2.75) is 32.9 Å². The summed E-state index contributed by atoms with van der Waals surface area (Å²) in [5.74, 6) is -0.499. The van der Waals surface area contributed by atoms with Crippen molar-refractivity contribution < 1.29 is 9.53 Å². The first-order valence-corrected chi connectivity index (χ1v) is 6.42. The summed E-state index contributed by atoms with van der Waals surface area (Å²) in [7, 11) is 0. The summed E-state index contributed by atoms with van der Waals surface area (Å²) >= 11 is 6.27. The maximum atomic E-state index is 11.7. The third-order valence-corrected chi connectivity index (χ3v) is 3.54. The van der Waals surface area contributed by atoms with Crippen LogP contribution in [0, 0.1) is 0 Å².